The summed E-state index contributed by atoms with van der Waals surface area (Å²) in [6.45, 7) is -0.923. The van der Waals surface area contributed by atoms with Gasteiger partial charge in [0.1, 0.15) is 30.5 Å². The van der Waals surface area contributed by atoms with Crippen molar-refractivity contribution >= 4 is 17.0 Å². The zero-order valence-electron chi connectivity index (χ0n) is 10.7. The number of hydrogen-bond donors (Lipinski definition) is 3. The van der Waals surface area contributed by atoms with Crippen molar-refractivity contribution in [3.8, 4) is 12.3 Å². The van der Waals surface area contributed by atoms with Gasteiger partial charge in [0.2, 0.25) is 5.82 Å². The molecule has 0 radical (unpaired) electrons. The Morgan fingerprint density at radius 1 is 1.43 bits per heavy atom. The molecule has 110 valence electrons. The lowest BCUT2D eigenvalue weighted by molar-refractivity contribution is -0.0409. The van der Waals surface area contributed by atoms with Crippen LogP contribution >= 0.6 is 0 Å². The third-order valence-corrected chi connectivity index (χ3v) is 3.34. The van der Waals surface area contributed by atoms with E-state index < -0.39 is 31.2 Å². The maximum Gasteiger partial charge on any atom is 0.208 e. The molecule has 21 heavy (non-hydrogen) atoms. The minimum Gasteiger partial charge on any atom is -0.387 e. The van der Waals surface area contributed by atoms with Crippen molar-refractivity contribution in [1.82, 2.24) is 19.5 Å². The second-order valence-electron chi connectivity index (χ2n) is 4.60. The van der Waals surface area contributed by atoms with Crippen molar-refractivity contribution in [2.24, 2.45) is 0 Å². The number of aromatic nitrogens is 4. The molecule has 1 fully saturated rings. The van der Waals surface area contributed by atoms with Crippen LogP contribution in [0.1, 0.15) is 12.1 Å². The molecule has 1 aliphatic rings. The Bertz CT molecular complexity index is 727. The van der Waals surface area contributed by atoms with Gasteiger partial charge >= 0.3 is 0 Å². The van der Waals surface area contributed by atoms with Crippen LogP contribution in [-0.4, -0.2) is 54.7 Å². The SMILES string of the molecule is C#Cc1nc(N)c2ncn([C@@H]3O[C@H](C[18F])[C@@H](O)[C@H]3O)c2n1. The van der Waals surface area contributed by atoms with Crippen LogP contribution in [0.15, 0.2) is 6.33 Å². The van der Waals surface area contributed by atoms with E-state index in [0.717, 1.165) is 0 Å². The molecule has 1 aliphatic heterocycles. The monoisotopic (exact) mass is 292 g/mol. The molecule has 0 amide bonds. The van der Waals surface area contributed by atoms with Gasteiger partial charge in [0, 0.05) is 0 Å². The van der Waals surface area contributed by atoms with Gasteiger partial charge in [-0.2, -0.15) is 0 Å². The lowest BCUT2D eigenvalue weighted by Gasteiger charge is -2.16. The first-order valence-corrected chi connectivity index (χ1v) is 6.11. The van der Waals surface area contributed by atoms with E-state index >= 15 is 0 Å². The Hall–Kier alpha value is -2.28. The van der Waals surface area contributed by atoms with Gasteiger partial charge < -0.3 is 20.7 Å². The van der Waals surface area contributed by atoms with Crippen LogP contribution in [0, 0.1) is 12.3 Å². The minimum absolute atomic E-state index is 0.0526. The number of anilines is 1. The fourth-order valence-electron chi connectivity index (χ4n) is 2.28. The van der Waals surface area contributed by atoms with Crippen molar-refractivity contribution < 1.29 is 19.3 Å². The van der Waals surface area contributed by atoms with Gasteiger partial charge in [0.25, 0.3) is 0 Å². The van der Waals surface area contributed by atoms with E-state index in [1.165, 1.54) is 10.9 Å². The highest BCUT2D eigenvalue weighted by atomic mass is 18.2. The molecule has 0 unspecified atom stereocenters. The standard InChI is InChI=1S/C12H12FN5O3/c1-2-6-16-10(14)7-11(17-6)18(4-15-7)12-9(20)8(19)5(3-13)21-12/h1,4-5,8-9,12,19-20H,3H2,(H2,14,16,17)/t5-,8-,9-,12-/m1/s1/i13-1. The largest absolute Gasteiger partial charge is 0.387 e. The van der Waals surface area contributed by atoms with Crippen molar-refractivity contribution in [3.05, 3.63) is 12.2 Å². The Morgan fingerprint density at radius 3 is 2.81 bits per heavy atom. The molecular formula is C12H12FN5O3. The van der Waals surface area contributed by atoms with Crippen LogP contribution in [0.25, 0.3) is 11.2 Å². The predicted octanol–water partition coefficient (Wildman–Crippen LogP) is -1.02. The number of nitrogens with two attached hydrogens (primary N) is 1. The van der Waals surface area contributed by atoms with Gasteiger partial charge in [-0.1, -0.05) is 0 Å². The Balaban J connectivity index is 2.10. The number of ether oxygens (including phenoxy) is 1. The summed E-state index contributed by atoms with van der Waals surface area (Å²) in [5.41, 5.74) is 6.25. The van der Waals surface area contributed by atoms with Gasteiger partial charge in [0.05, 0.1) is 6.33 Å². The summed E-state index contributed by atoms with van der Waals surface area (Å²) in [5.74, 6) is 2.39. The normalized spacial score (nSPS) is 28.9. The van der Waals surface area contributed by atoms with Gasteiger partial charge in [-0.15, -0.1) is 6.42 Å². The van der Waals surface area contributed by atoms with Crippen LogP contribution in [0.3, 0.4) is 0 Å². The number of nitrogen functional groups attached to an aromatic ring is 1. The Kier molecular flexibility index (Phi) is 3.21. The average molecular weight is 292 g/mol. The van der Waals surface area contributed by atoms with Crippen LogP contribution in [0.4, 0.5) is 10.2 Å². The Morgan fingerprint density at radius 2 is 2.19 bits per heavy atom. The molecule has 9 heteroatoms. The maximum atomic E-state index is 12.7. The fraction of sp³-hybridized carbons (Fsp3) is 0.417. The van der Waals surface area contributed by atoms with Crippen molar-refractivity contribution in [2.75, 3.05) is 12.4 Å². The second-order valence-corrected chi connectivity index (χ2v) is 4.60. The molecule has 0 spiro atoms. The molecule has 0 aromatic carbocycles. The van der Waals surface area contributed by atoms with E-state index in [0.29, 0.717) is 0 Å². The fourth-order valence-corrected chi connectivity index (χ4v) is 2.28. The van der Waals surface area contributed by atoms with Crippen LogP contribution < -0.4 is 5.73 Å². The lowest BCUT2D eigenvalue weighted by Crippen LogP contribution is -2.32. The molecule has 0 aliphatic carbocycles. The van der Waals surface area contributed by atoms with Gasteiger partial charge in [-0.3, -0.25) is 4.57 Å². The van der Waals surface area contributed by atoms with E-state index in [1.807, 2.05) is 0 Å². The van der Waals surface area contributed by atoms with Crippen LogP contribution in [0.2, 0.25) is 0 Å². The topological polar surface area (TPSA) is 119 Å². The molecule has 4 N–H and O–H groups in total. The summed E-state index contributed by atoms with van der Waals surface area (Å²) < 4.78 is 19.4. The smallest absolute Gasteiger partial charge is 0.208 e. The molecular weight excluding hydrogens is 280 g/mol. The molecule has 8 nitrogen and oxygen atoms in total. The van der Waals surface area contributed by atoms with Gasteiger partial charge in [-0.25, -0.2) is 19.3 Å². The number of terminal acetylenes is 1. The highest BCUT2D eigenvalue weighted by molar-refractivity contribution is 5.82. The maximum absolute atomic E-state index is 12.7. The second kappa shape index (κ2) is 4.92. The minimum atomic E-state index is -1.34. The van der Waals surface area contributed by atoms with E-state index in [4.69, 9.17) is 16.9 Å². The van der Waals surface area contributed by atoms with E-state index in [9.17, 15) is 14.6 Å². The number of fused-ring (bicyclic) bond motifs is 1. The predicted molar refractivity (Wildman–Crippen MR) is 69.6 cm³/mol. The highest BCUT2D eigenvalue weighted by Gasteiger charge is 2.44. The van der Waals surface area contributed by atoms with Crippen LogP contribution in [0.5, 0.6) is 0 Å². The van der Waals surface area contributed by atoms with E-state index in [-0.39, 0.29) is 22.8 Å². The molecule has 3 rings (SSSR count). The summed E-state index contributed by atoms with van der Waals surface area (Å²) in [7, 11) is 0. The zero-order chi connectivity index (χ0) is 15.1. The highest BCUT2D eigenvalue weighted by Crippen LogP contribution is 2.32. The number of hydrogen-bond acceptors (Lipinski definition) is 7. The molecule has 4 atom stereocenters. The number of aliphatic hydroxyl groups excluding tert-OH is 2. The number of alkyl halides is 1. The zero-order valence-corrected chi connectivity index (χ0v) is 10.7. The summed E-state index contributed by atoms with van der Waals surface area (Å²) in [4.78, 5) is 12.0. The number of nitrogens with zero attached hydrogens (tertiary/aromatic N) is 4. The average Bonchev–Trinajstić information content (AvgIpc) is 3.02. The first-order valence-electron chi connectivity index (χ1n) is 6.11. The summed E-state index contributed by atoms with van der Waals surface area (Å²) >= 11 is 0. The first kappa shape index (κ1) is 13.7. The number of rotatable bonds is 2. The van der Waals surface area contributed by atoms with Crippen LogP contribution in [-0.2, 0) is 4.74 Å². The molecule has 2 aromatic heterocycles. The summed E-state index contributed by atoms with van der Waals surface area (Å²) in [5, 5.41) is 19.7. The first-order chi connectivity index (χ1) is 10.1. The van der Waals surface area contributed by atoms with E-state index in [1.54, 1.807) is 0 Å². The van der Waals surface area contributed by atoms with Crippen molar-refractivity contribution in [2.45, 2.75) is 24.5 Å². The van der Waals surface area contributed by atoms with E-state index in [2.05, 4.69) is 20.9 Å². The quantitative estimate of drug-likeness (QED) is 0.606. The number of halogens is 1. The molecule has 2 aromatic rings. The third kappa shape index (κ3) is 2.01. The molecule has 0 bridgehead atoms. The molecule has 3 heterocycles. The number of aliphatic hydroxyl groups is 2. The van der Waals surface area contributed by atoms with Gasteiger partial charge in [0.15, 0.2) is 17.7 Å². The molecule has 1 saturated heterocycles. The van der Waals surface area contributed by atoms with Gasteiger partial charge in [-0.05, 0) is 5.92 Å². The lowest BCUT2D eigenvalue weighted by atomic mass is 10.1. The van der Waals surface area contributed by atoms with Crippen molar-refractivity contribution in [3.63, 3.8) is 0 Å². The number of imidazole rings is 1. The Labute approximate surface area is 118 Å². The third-order valence-electron chi connectivity index (χ3n) is 3.34. The van der Waals surface area contributed by atoms with Crippen molar-refractivity contribution in [1.29, 1.82) is 0 Å². The summed E-state index contributed by atoms with van der Waals surface area (Å²) in [6.07, 6.45) is 1.74. The summed E-state index contributed by atoms with van der Waals surface area (Å²) in [6, 6.07) is 0. The molecule has 0 saturated carbocycles.